The molecule has 0 unspecified atom stereocenters. The largest absolute Gasteiger partial charge is 0.382 e. The Morgan fingerprint density at radius 3 is 2.32 bits per heavy atom. The van der Waals surface area contributed by atoms with Gasteiger partial charge in [0.1, 0.15) is 0 Å². The molecule has 0 aliphatic rings. The Balaban J connectivity index is 2.15. The number of rotatable bonds is 10. The highest BCUT2D eigenvalue weighted by Crippen LogP contribution is 2.05. The van der Waals surface area contributed by atoms with Crippen LogP contribution in [0.5, 0.6) is 0 Å². The molecule has 0 aliphatic carbocycles. The Morgan fingerprint density at radius 1 is 1.00 bits per heavy atom. The third kappa shape index (κ3) is 8.03. The first-order valence-corrected chi connectivity index (χ1v) is 8.40. The standard InChI is InChI=1S/C18H31N3O/c1-4-16-8-10-17(11-9-16)12-14-21-18(19-3)20-13-6-7-15-22-5-2/h8-11H,4-7,12-15H2,1-3H3,(H2,19,20,21). The monoisotopic (exact) mass is 305 g/mol. The van der Waals surface area contributed by atoms with Crippen molar-refractivity contribution < 1.29 is 4.74 Å². The molecule has 0 bridgehead atoms. The van der Waals surface area contributed by atoms with Crippen molar-refractivity contribution in [3.8, 4) is 0 Å². The van der Waals surface area contributed by atoms with Gasteiger partial charge in [-0.25, -0.2) is 0 Å². The van der Waals surface area contributed by atoms with Crippen molar-refractivity contribution in [1.82, 2.24) is 10.6 Å². The third-order valence-electron chi connectivity index (χ3n) is 3.57. The molecule has 1 aromatic rings. The van der Waals surface area contributed by atoms with Gasteiger partial charge >= 0.3 is 0 Å². The minimum atomic E-state index is 0.801. The van der Waals surface area contributed by atoms with E-state index in [-0.39, 0.29) is 0 Å². The van der Waals surface area contributed by atoms with E-state index in [0.29, 0.717) is 0 Å². The van der Waals surface area contributed by atoms with Gasteiger partial charge in [0.15, 0.2) is 5.96 Å². The van der Waals surface area contributed by atoms with Gasteiger partial charge < -0.3 is 15.4 Å². The molecule has 0 radical (unpaired) electrons. The molecule has 0 aliphatic heterocycles. The molecule has 0 heterocycles. The van der Waals surface area contributed by atoms with Crippen molar-refractivity contribution in [2.45, 2.75) is 39.5 Å². The van der Waals surface area contributed by atoms with E-state index in [1.54, 1.807) is 0 Å². The highest BCUT2D eigenvalue weighted by Gasteiger charge is 1.98. The molecular weight excluding hydrogens is 274 g/mol. The van der Waals surface area contributed by atoms with Crippen LogP contribution in [0.2, 0.25) is 0 Å². The third-order valence-corrected chi connectivity index (χ3v) is 3.57. The number of guanidine groups is 1. The van der Waals surface area contributed by atoms with E-state index in [2.05, 4.69) is 46.8 Å². The summed E-state index contributed by atoms with van der Waals surface area (Å²) < 4.78 is 5.32. The molecule has 0 spiro atoms. The molecular formula is C18H31N3O. The van der Waals surface area contributed by atoms with Crippen LogP contribution in [0, 0.1) is 0 Å². The number of nitrogens with one attached hydrogen (secondary N) is 2. The van der Waals surface area contributed by atoms with Crippen LogP contribution >= 0.6 is 0 Å². The van der Waals surface area contributed by atoms with Crippen molar-refractivity contribution in [1.29, 1.82) is 0 Å². The van der Waals surface area contributed by atoms with Crippen LogP contribution in [0.3, 0.4) is 0 Å². The van der Waals surface area contributed by atoms with E-state index in [4.69, 9.17) is 4.74 Å². The van der Waals surface area contributed by atoms with Crippen molar-refractivity contribution in [3.63, 3.8) is 0 Å². The van der Waals surface area contributed by atoms with Gasteiger partial charge in [0.2, 0.25) is 0 Å². The van der Waals surface area contributed by atoms with Crippen LogP contribution in [0.15, 0.2) is 29.3 Å². The fourth-order valence-electron chi connectivity index (χ4n) is 2.17. The normalized spacial score (nSPS) is 11.5. The number of benzene rings is 1. The molecule has 0 saturated heterocycles. The van der Waals surface area contributed by atoms with Gasteiger partial charge in [-0.3, -0.25) is 4.99 Å². The van der Waals surface area contributed by atoms with Crippen LogP contribution in [-0.4, -0.2) is 39.3 Å². The van der Waals surface area contributed by atoms with E-state index in [1.165, 1.54) is 11.1 Å². The van der Waals surface area contributed by atoms with E-state index < -0.39 is 0 Å². The summed E-state index contributed by atoms with van der Waals surface area (Å²) in [5.41, 5.74) is 2.75. The Kier molecular flexibility index (Phi) is 10.1. The maximum atomic E-state index is 5.32. The van der Waals surface area contributed by atoms with Crippen molar-refractivity contribution in [3.05, 3.63) is 35.4 Å². The Morgan fingerprint density at radius 2 is 1.68 bits per heavy atom. The lowest BCUT2D eigenvalue weighted by molar-refractivity contribution is 0.143. The number of hydrogen-bond acceptors (Lipinski definition) is 2. The SMILES string of the molecule is CCOCCCCNC(=NC)NCCc1ccc(CC)cc1. The molecule has 4 nitrogen and oxygen atoms in total. The lowest BCUT2D eigenvalue weighted by Gasteiger charge is -2.12. The van der Waals surface area contributed by atoms with E-state index >= 15 is 0 Å². The zero-order valence-electron chi connectivity index (χ0n) is 14.3. The molecule has 4 heteroatoms. The van der Waals surface area contributed by atoms with Crippen molar-refractivity contribution in [2.75, 3.05) is 33.4 Å². The van der Waals surface area contributed by atoms with Crippen LogP contribution in [0.1, 0.15) is 37.8 Å². The summed E-state index contributed by atoms with van der Waals surface area (Å²) in [6, 6.07) is 8.84. The van der Waals surface area contributed by atoms with Crippen LogP contribution in [0.25, 0.3) is 0 Å². The van der Waals surface area contributed by atoms with E-state index in [1.807, 2.05) is 14.0 Å². The second-order valence-corrected chi connectivity index (χ2v) is 5.25. The predicted octanol–water partition coefficient (Wildman–Crippen LogP) is 2.77. The first kappa shape index (κ1) is 18.5. The Bertz CT molecular complexity index is 415. The molecule has 0 saturated carbocycles. The number of aliphatic imine (C=N–C) groups is 1. The number of ether oxygens (including phenoxy) is 1. The average Bonchev–Trinajstić information content (AvgIpc) is 2.57. The van der Waals surface area contributed by atoms with Gasteiger partial charge in [-0.1, -0.05) is 31.2 Å². The minimum Gasteiger partial charge on any atom is -0.382 e. The second kappa shape index (κ2) is 12.0. The van der Waals surface area contributed by atoms with Crippen molar-refractivity contribution in [2.24, 2.45) is 4.99 Å². The predicted molar refractivity (Wildman–Crippen MR) is 94.6 cm³/mol. The first-order valence-electron chi connectivity index (χ1n) is 8.40. The van der Waals surface area contributed by atoms with E-state index in [9.17, 15) is 0 Å². The maximum Gasteiger partial charge on any atom is 0.190 e. The summed E-state index contributed by atoms with van der Waals surface area (Å²) in [5.74, 6) is 0.876. The molecule has 1 rings (SSSR count). The molecule has 22 heavy (non-hydrogen) atoms. The average molecular weight is 305 g/mol. The summed E-state index contributed by atoms with van der Waals surface area (Å²) in [6.45, 7) is 7.68. The van der Waals surface area contributed by atoms with Gasteiger partial charge in [-0.05, 0) is 43.7 Å². The summed E-state index contributed by atoms with van der Waals surface area (Å²) >= 11 is 0. The van der Waals surface area contributed by atoms with Crippen LogP contribution in [-0.2, 0) is 17.6 Å². The van der Waals surface area contributed by atoms with Gasteiger partial charge in [0, 0.05) is 33.4 Å². The van der Waals surface area contributed by atoms with Crippen LogP contribution in [0.4, 0.5) is 0 Å². The molecule has 1 aromatic carbocycles. The lowest BCUT2D eigenvalue weighted by atomic mass is 10.1. The van der Waals surface area contributed by atoms with Gasteiger partial charge in [-0.15, -0.1) is 0 Å². The summed E-state index contributed by atoms with van der Waals surface area (Å²) in [6.07, 6.45) is 4.29. The first-order chi connectivity index (χ1) is 10.8. The highest BCUT2D eigenvalue weighted by atomic mass is 16.5. The zero-order chi connectivity index (χ0) is 16.0. The Labute approximate surface area is 135 Å². The zero-order valence-corrected chi connectivity index (χ0v) is 14.3. The highest BCUT2D eigenvalue weighted by molar-refractivity contribution is 5.79. The summed E-state index contributed by atoms with van der Waals surface area (Å²) in [5, 5.41) is 6.69. The molecule has 0 atom stereocenters. The Hall–Kier alpha value is -1.55. The number of hydrogen-bond donors (Lipinski definition) is 2. The topological polar surface area (TPSA) is 45.6 Å². The molecule has 0 fully saturated rings. The van der Waals surface area contributed by atoms with Crippen molar-refractivity contribution >= 4 is 5.96 Å². The molecule has 0 aromatic heterocycles. The molecule has 0 amide bonds. The van der Waals surface area contributed by atoms with Gasteiger partial charge in [0.25, 0.3) is 0 Å². The quantitative estimate of drug-likeness (QED) is 0.397. The number of nitrogens with zero attached hydrogens (tertiary/aromatic N) is 1. The fourth-order valence-corrected chi connectivity index (χ4v) is 2.17. The maximum absolute atomic E-state index is 5.32. The second-order valence-electron chi connectivity index (χ2n) is 5.25. The molecule has 2 N–H and O–H groups in total. The van der Waals surface area contributed by atoms with Gasteiger partial charge in [0.05, 0.1) is 0 Å². The van der Waals surface area contributed by atoms with Gasteiger partial charge in [-0.2, -0.15) is 0 Å². The molecule has 124 valence electrons. The summed E-state index contributed by atoms with van der Waals surface area (Å²) in [7, 11) is 1.81. The number of unbranched alkanes of at least 4 members (excludes halogenated alkanes) is 1. The van der Waals surface area contributed by atoms with E-state index in [0.717, 1.165) is 57.9 Å². The fraction of sp³-hybridized carbons (Fsp3) is 0.611. The summed E-state index contributed by atoms with van der Waals surface area (Å²) in [4.78, 5) is 4.24. The smallest absolute Gasteiger partial charge is 0.190 e. The minimum absolute atomic E-state index is 0.801. The lowest BCUT2D eigenvalue weighted by Crippen LogP contribution is -2.38. The van der Waals surface area contributed by atoms with Crippen LogP contribution < -0.4 is 10.6 Å². The number of aryl methyl sites for hydroxylation is 1.